The number of ether oxygens (including phenoxy) is 2. The Morgan fingerprint density at radius 1 is 1.36 bits per heavy atom. The Hall–Kier alpha value is -2.70. The van der Waals surface area contributed by atoms with Gasteiger partial charge in [0, 0.05) is 25.1 Å². The molecular weight excluding hydrogens is 322 g/mol. The van der Waals surface area contributed by atoms with E-state index in [1.165, 1.54) is 0 Å². The molecule has 1 saturated heterocycles. The Bertz CT molecular complexity index is 745. The first kappa shape index (κ1) is 17.1. The van der Waals surface area contributed by atoms with Crippen LogP contribution >= 0.6 is 0 Å². The van der Waals surface area contributed by atoms with Gasteiger partial charge < -0.3 is 24.6 Å². The van der Waals surface area contributed by atoms with Gasteiger partial charge in [0.2, 0.25) is 0 Å². The van der Waals surface area contributed by atoms with Crippen molar-refractivity contribution in [1.82, 2.24) is 10.1 Å². The fourth-order valence-corrected chi connectivity index (χ4v) is 2.57. The van der Waals surface area contributed by atoms with Gasteiger partial charge in [-0.15, -0.1) is 0 Å². The summed E-state index contributed by atoms with van der Waals surface area (Å²) in [7, 11) is 0. The van der Waals surface area contributed by atoms with E-state index in [0.29, 0.717) is 37.0 Å². The van der Waals surface area contributed by atoms with Crippen LogP contribution in [-0.4, -0.2) is 41.4 Å². The average Bonchev–Trinajstić information content (AvgIpc) is 2.90. The molecule has 134 valence electrons. The van der Waals surface area contributed by atoms with Crippen molar-refractivity contribution in [2.24, 2.45) is 5.92 Å². The van der Waals surface area contributed by atoms with Gasteiger partial charge in [-0.3, -0.25) is 0 Å². The first-order chi connectivity index (χ1) is 11.8. The van der Waals surface area contributed by atoms with Gasteiger partial charge in [-0.25, -0.2) is 4.79 Å². The molecule has 0 spiro atoms. The minimum absolute atomic E-state index is 0.277. The van der Waals surface area contributed by atoms with Gasteiger partial charge in [0.25, 0.3) is 0 Å². The van der Waals surface area contributed by atoms with Gasteiger partial charge >= 0.3 is 6.09 Å². The lowest BCUT2D eigenvalue weighted by Crippen LogP contribution is -2.53. The van der Waals surface area contributed by atoms with E-state index in [0.717, 1.165) is 5.56 Å². The number of nitrogen functional groups attached to an aromatic ring is 1. The molecule has 0 radical (unpaired) electrons. The number of anilines is 1. The number of nitrogens with zero attached hydrogens (tertiary/aromatic N) is 2. The minimum atomic E-state index is -0.476. The molecule has 1 fully saturated rings. The monoisotopic (exact) mass is 345 g/mol. The fourth-order valence-electron chi connectivity index (χ4n) is 2.57. The van der Waals surface area contributed by atoms with E-state index in [2.05, 4.69) is 5.16 Å². The first-order valence-corrected chi connectivity index (χ1v) is 8.24. The minimum Gasteiger partial charge on any atom is -0.492 e. The van der Waals surface area contributed by atoms with Gasteiger partial charge in [-0.05, 0) is 32.9 Å². The summed E-state index contributed by atoms with van der Waals surface area (Å²) in [5.41, 5.74) is 5.94. The van der Waals surface area contributed by atoms with Crippen LogP contribution in [0.4, 0.5) is 10.6 Å². The van der Waals surface area contributed by atoms with Crippen molar-refractivity contribution in [3.05, 3.63) is 30.3 Å². The SMILES string of the molecule is CC(C)(C)OC(=O)N1CC(COc2ccccc2-c2cc(N)no2)C1. The molecule has 0 bridgehead atoms. The largest absolute Gasteiger partial charge is 0.492 e. The highest BCUT2D eigenvalue weighted by Gasteiger charge is 2.34. The van der Waals surface area contributed by atoms with Crippen molar-refractivity contribution >= 4 is 11.9 Å². The maximum absolute atomic E-state index is 11.9. The number of para-hydroxylation sites is 1. The number of nitrogens with two attached hydrogens (primary N) is 1. The second-order valence-electron chi connectivity index (χ2n) is 7.17. The normalized spacial score (nSPS) is 14.9. The van der Waals surface area contributed by atoms with Crippen molar-refractivity contribution in [2.75, 3.05) is 25.4 Å². The summed E-state index contributed by atoms with van der Waals surface area (Å²) < 4.78 is 16.5. The quantitative estimate of drug-likeness (QED) is 0.915. The number of aromatic nitrogens is 1. The number of carbonyl (C=O) groups excluding carboxylic acids is 1. The standard InChI is InChI=1S/C18H23N3O4/c1-18(2,3)24-17(22)21-9-12(10-21)11-23-14-7-5-4-6-13(14)15-8-16(19)20-25-15/h4-8,12H,9-11H2,1-3H3,(H2,19,20). The van der Waals surface area contributed by atoms with Crippen LogP contribution in [0, 0.1) is 5.92 Å². The van der Waals surface area contributed by atoms with Crippen LogP contribution in [0.5, 0.6) is 5.75 Å². The summed E-state index contributed by atoms with van der Waals surface area (Å²) in [6.45, 7) is 7.36. The van der Waals surface area contributed by atoms with Crippen LogP contribution in [0.1, 0.15) is 20.8 Å². The molecular formula is C18H23N3O4. The highest BCUT2D eigenvalue weighted by atomic mass is 16.6. The molecule has 2 N–H and O–H groups in total. The number of benzene rings is 1. The molecule has 0 unspecified atom stereocenters. The third-order valence-corrected chi connectivity index (χ3v) is 3.76. The van der Waals surface area contributed by atoms with Crippen LogP contribution in [0.2, 0.25) is 0 Å². The van der Waals surface area contributed by atoms with Crippen molar-refractivity contribution in [3.8, 4) is 17.1 Å². The number of likely N-dealkylation sites (tertiary alicyclic amines) is 1. The van der Waals surface area contributed by atoms with E-state index in [9.17, 15) is 4.79 Å². The van der Waals surface area contributed by atoms with Crippen LogP contribution in [0.15, 0.2) is 34.9 Å². The number of amides is 1. The second kappa shape index (κ2) is 6.66. The van der Waals surface area contributed by atoms with Gasteiger partial charge in [0.1, 0.15) is 11.4 Å². The van der Waals surface area contributed by atoms with Gasteiger partial charge in [-0.1, -0.05) is 17.3 Å². The number of hydrogen-bond donors (Lipinski definition) is 1. The molecule has 2 heterocycles. The third kappa shape index (κ3) is 4.23. The molecule has 7 nitrogen and oxygen atoms in total. The van der Waals surface area contributed by atoms with Crippen molar-refractivity contribution in [3.63, 3.8) is 0 Å². The molecule has 0 atom stereocenters. The maximum Gasteiger partial charge on any atom is 0.410 e. The molecule has 2 aromatic rings. The summed E-state index contributed by atoms with van der Waals surface area (Å²) in [4.78, 5) is 13.6. The topological polar surface area (TPSA) is 90.8 Å². The lowest BCUT2D eigenvalue weighted by Gasteiger charge is -2.39. The van der Waals surface area contributed by atoms with Crippen LogP contribution in [0.25, 0.3) is 11.3 Å². The molecule has 1 aromatic heterocycles. The van der Waals surface area contributed by atoms with E-state index in [4.69, 9.17) is 19.7 Å². The summed E-state index contributed by atoms with van der Waals surface area (Å²) >= 11 is 0. The third-order valence-electron chi connectivity index (χ3n) is 3.76. The zero-order valence-corrected chi connectivity index (χ0v) is 14.7. The Labute approximate surface area is 146 Å². The zero-order valence-electron chi connectivity index (χ0n) is 14.7. The Morgan fingerprint density at radius 2 is 2.08 bits per heavy atom. The van der Waals surface area contributed by atoms with E-state index >= 15 is 0 Å². The molecule has 1 aliphatic rings. The Kier molecular flexibility index (Phi) is 4.57. The highest BCUT2D eigenvalue weighted by molar-refractivity contribution is 5.69. The predicted octanol–water partition coefficient (Wildman–Crippen LogP) is 3.17. The average molecular weight is 345 g/mol. The van der Waals surface area contributed by atoms with Crippen LogP contribution in [-0.2, 0) is 4.74 Å². The molecule has 1 aromatic carbocycles. The predicted molar refractivity (Wildman–Crippen MR) is 93.1 cm³/mol. The maximum atomic E-state index is 11.9. The molecule has 0 saturated carbocycles. The van der Waals surface area contributed by atoms with E-state index in [1.54, 1.807) is 11.0 Å². The lowest BCUT2D eigenvalue weighted by molar-refractivity contribution is -0.00778. The summed E-state index contributed by atoms with van der Waals surface area (Å²) in [6.07, 6.45) is -0.277. The summed E-state index contributed by atoms with van der Waals surface area (Å²) in [5.74, 6) is 1.88. The number of carbonyl (C=O) groups is 1. The van der Waals surface area contributed by atoms with Gasteiger partial charge in [0.05, 0.1) is 12.2 Å². The Morgan fingerprint density at radius 3 is 2.72 bits per heavy atom. The van der Waals surface area contributed by atoms with Crippen molar-refractivity contribution in [2.45, 2.75) is 26.4 Å². The first-order valence-electron chi connectivity index (χ1n) is 8.24. The molecule has 25 heavy (non-hydrogen) atoms. The van der Waals surface area contributed by atoms with E-state index < -0.39 is 5.60 Å². The van der Waals surface area contributed by atoms with Crippen LogP contribution < -0.4 is 10.5 Å². The summed E-state index contributed by atoms with van der Waals surface area (Å²) in [6, 6.07) is 9.22. The highest BCUT2D eigenvalue weighted by Crippen LogP contribution is 2.31. The van der Waals surface area contributed by atoms with Gasteiger partial charge in [0.15, 0.2) is 11.6 Å². The zero-order chi connectivity index (χ0) is 18.0. The molecule has 1 amide bonds. The Balaban J connectivity index is 1.54. The summed E-state index contributed by atoms with van der Waals surface area (Å²) in [5, 5.41) is 3.70. The molecule has 3 rings (SSSR count). The van der Waals surface area contributed by atoms with E-state index in [1.807, 2.05) is 45.0 Å². The number of hydrogen-bond acceptors (Lipinski definition) is 6. The van der Waals surface area contributed by atoms with Crippen LogP contribution in [0.3, 0.4) is 0 Å². The number of rotatable bonds is 4. The molecule has 0 aliphatic carbocycles. The van der Waals surface area contributed by atoms with Crippen molar-refractivity contribution in [1.29, 1.82) is 0 Å². The van der Waals surface area contributed by atoms with Crippen molar-refractivity contribution < 1.29 is 18.8 Å². The fraction of sp³-hybridized carbons (Fsp3) is 0.444. The van der Waals surface area contributed by atoms with Gasteiger partial charge in [-0.2, -0.15) is 0 Å². The molecule has 7 heteroatoms. The lowest BCUT2D eigenvalue weighted by atomic mass is 10.0. The second-order valence-corrected chi connectivity index (χ2v) is 7.17. The van der Waals surface area contributed by atoms with E-state index in [-0.39, 0.29) is 12.0 Å². The molecule has 1 aliphatic heterocycles. The smallest absolute Gasteiger partial charge is 0.410 e.